The van der Waals surface area contributed by atoms with Gasteiger partial charge in [0.15, 0.2) is 5.82 Å². The molecule has 0 radical (unpaired) electrons. The molecule has 0 aromatic carbocycles. The fraction of sp³-hybridized carbons (Fsp3) is 0.385. The maximum atomic E-state index is 6.13. The monoisotopic (exact) mass is 294 g/mol. The van der Waals surface area contributed by atoms with E-state index in [1.807, 2.05) is 6.92 Å². The van der Waals surface area contributed by atoms with E-state index >= 15 is 0 Å². The molecule has 2 heterocycles. The van der Waals surface area contributed by atoms with Gasteiger partial charge in [0.25, 0.3) is 0 Å². The van der Waals surface area contributed by atoms with Crippen LogP contribution in [-0.4, -0.2) is 16.0 Å². The first-order valence-corrected chi connectivity index (χ1v) is 7.49. The van der Waals surface area contributed by atoms with Gasteiger partial charge in [-0.3, -0.25) is 0 Å². The van der Waals surface area contributed by atoms with Crippen molar-refractivity contribution in [3.8, 4) is 0 Å². The summed E-state index contributed by atoms with van der Waals surface area (Å²) in [5.74, 6) is 0.772. The van der Waals surface area contributed by atoms with Crippen molar-refractivity contribution in [1.82, 2.24) is 9.97 Å². The van der Waals surface area contributed by atoms with Gasteiger partial charge in [0.05, 0.1) is 17.9 Å². The second kappa shape index (κ2) is 4.98. The van der Waals surface area contributed by atoms with Crippen molar-refractivity contribution in [2.75, 3.05) is 10.6 Å². The average molecular weight is 295 g/mol. The number of rotatable bonds is 4. The predicted octanol–water partition coefficient (Wildman–Crippen LogP) is 3.25. The Morgan fingerprint density at radius 1 is 1.47 bits per heavy atom. The zero-order chi connectivity index (χ0) is 13.4. The molecule has 0 aliphatic heterocycles. The molecule has 2 N–H and O–H groups in total. The summed E-state index contributed by atoms with van der Waals surface area (Å²) in [7, 11) is 0. The molecule has 2 aromatic rings. The number of aryl methyl sites for hydroxylation is 1. The summed E-state index contributed by atoms with van der Waals surface area (Å²) in [4.78, 5) is 12.0. The largest absolute Gasteiger partial charge is 0.394 e. The number of nitrogen functional groups attached to an aromatic ring is 1. The van der Waals surface area contributed by atoms with E-state index in [0.717, 1.165) is 18.1 Å². The van der Waals surface area contributed by atoms with Crippen LogP contribution in [0, 0.1) is 6.92 Å². The molecule has 19 heavy (non-hydrogen) atoms. The molecule has 0 atom stereocenters. The van der Waals surface area contributed by atoms with Crippen LogP contribution < -0.4 is 10.6 Å². The number of hydrogen-bond acceptors (Lipinski definition) is 5. The van der Waals surface area contributed by atoms with Crippen molar-refractivity contribution < 1.29 is 0 Å². The van der Waals surface area contributed by atoms with Gasteiger partial charge in [0.1, 0.15) is 0 Å². The molecular weight excluding hydrogens is 280 g/mol. The van der Waals surface area contributed by atoms with Crippen LogP contribution in [0.4, 0.5) is 11.5 Å². The molecule has 1 saturated carbocycles. The molecule has 100 valence electrons. The Bertz CT molecular complexity index is 581. The molecule has 0 unspecified atom stereocenters. The van der Waals surface area contributed by atoms with Crippen LogP contribution >= 0.6 is 22.9 Å². The van der Waals surface area contributed by atoms with Gasteiger partial charge in [-0.1, -0.05) is 6.07 Å². The Morgan fingerprint density at radius 3 is 2.89 bits per heavy atom. The molecule has 3 rings (SSSR count). The van der Waals surface area contributed by atoms with Crippen molar-refractivity contribution in [2.24, 2.45) is 0 Å². The van der Waals surface area contributed by atoms with E-state index in [0.29, 0.717) is 11.7 Å². The van der Waals surface area contributed by atoms with E-state index in [4.69, 9.17) is 17.3 Å². The molecule has 0 saturated heterocycles. The summed E-state index contributed by atoms with van der Waals surface area (Å²) in [6.07, 6.45) is 2.37. The van der Waals surface area contributed by atoms with Gasteiger partial charge in [-0.2, -0.15) is 4.98 Å². The molecule has 0 bridgehead atoms. The Labute approximate surface area is 121 Å². The minimum Gasteiger partial charge on any atom is -0.394 e. The number of thiophene rings is 1. The molecule has 2 aromatic heterocycles. The molecule has 1 aliphatic carbocycles. The Hall–Kier alpha value is -1.33. The highest BCUT2D eigenvalue weighted by molar-refractivity contribution is 7.09. The number of aromatic nitrogens is 2. The highest BCUT2D eigenvalue weighted by Gasteiger charge is 2.32. The van der Waals surface area contributed by atoms with E-state index in [9.17, 15) is 0 Å². The van der Waals surface area contributed by atoms with E-state index in [1.165, 1.54) is 17.7 Å². The summed E-state index contributed by atoms with van der Waals surface area (Å²) < 4.78 is 0. The summed E-state index contributed by atoms with van der Waals surface area (Å²) in [5.41, 5.74) is 7.50. The SMILES string of the molecule is Cc1nc(Cl)nc(N(Cc2cccs2)C2CC2)c1N. The molecule has 4 nitrogen and oxygen atoms in total. The lowest BCUT2D eigenvalue weighted by molar-refractivity contribution is 0.784. The topological polar surface area (TPSA) is 55.0 Å². The third kappa shape index (κ3) is 2.67. The Kier molecular flexibility index (Phi) is 3.33. The smallest absolute Gasteiger partial charge is 0.224 e. The number of anilines is 2. The van der Waals surface area contributed by atoms with Crippen molar-refractivity contribution in [2.45, 2.75) is 32.4 Å². The second-order valence-corrected chi connectivity index (χ2v) is 6.12. The lowest BCUT2D eigenvalue weighted by Gasteiger charge is -2.24. The first-order valence-electron chi connectivity index (χ1n) is 6.24. The minimum atomic E-state index is 0.263. The molecule has 0 spiro atoms. The van der Waals surface area contributed by atoms with Crippen LogP contribution in [0.2, 0.25) is 5.28 Å². The van der Waals surface area contributed by atoms with Crippen molar-refractivity contribution in [3.05, 3.63) is 33.4 Å². The molecule has 0 amide bonds. The van der Waals surface area contributed by atoms with Crippen LogP contribution in [-0.2, 0) is 6.54 Å². The summed E-state index contributed by atoms with van der Waals surface area (Å²) in [5, 5.41) is 2.35. The van der Waals surface area contributed by atoms with E-state index < -0.39 is 0 Å². The van der Waals surface area contributed by atoms with Crippen LogP contribution in [0.15, 0.2) is 17.5 Å². The van der Waals surface area contributed by atoms with Crippen LogP contribution in [0.5, 0.6) is 0 Å². The highest BCUT2D eigenvalue weighted by Crippen LogP contribution is 2.36. The van der Waals surface area contributed by atoms with E-state index in [-0.39, 0.29) is 5.28 Å². The summed E-state index contributed by atoms with van der Waals surface area (Å²) in [6, 6.07) is 4.72. The van der Waals surface area contributed by atoms with Gasteiger partial charge in [-0.15, -0.1) is 11.3 Å². The van der Waals surface area contributed by atoms with Gasteiger partial charge < -0.3 is 10.6 Å². The average Bonchev–Trinajstić information content (AvgIpc) is 3.09. The number of nitrogens with two attached hydrogens (primary N) is 1. The highest BCUT2D eigenvalue weighted by atomic mass is 35.5. The summed E-state index contributed by atoms with van der Waals surface area (Å²) in [6.45, 7) is 2.70. The van der Waals surface area contributed by atoms with E-state index in [2.05, 4.69) is 32.4 Å². The van der Waals surface area contributed by atoms with Crippen LogP contribution in [0.1, 0.15) is 23.4 Å². The molecular formula is C13H15ClN4S. The zero-order valence-corrected chi connectivity index (χ0v) is 12.2. The zero-order valence-electron chi connectivity index (χ0n) is 10.6. The Balaban J connectivity index is 1.96. The minimum absolute atomic E-state index is 0.263. The quantitative estimate of drug-likeness (QED) is 0.880. The first kappa shape index (κ1) is 12.7. The third-order valence-electron chi connectivity index (χ3n) is 3.25. The van der Waals surface area contributed by atoms with Gasteiger partial charge in [-0.25, -0.2) is 4.98 Å². The van der Waals surface area contributed by atoms with Crippen molar-refractivity contribution in [3.63, 3.8) is 0 Å². The second-order valence-electron chi connectivity index (χ2n) is 4.75. The lowest BCUT2D eigenvalue weighted by atomic mass is 10.3. The normalized spacial score (nSPS) is 14.6. The standard InChI is InChI=1S/C13H15ClN4S/c1-8-11(15)12(17-13(14)16-8)18(9-4-5-9)7-10-3-2-6-19-10/h2-3,6,9H,4-5,7,15H2,1H3. The van der Waals surface area contributed by atoms with Gasteiger partial charge >= 0.3 is 0 Å². The maximum Gasteiger partial charge on any atom is 0.224 e. The molecule has 6 heteroatoms. The van der Waals surface area contributed by atoms with Crippen molar-refractivity contribution >= 4 is 34.4 Å². The van der Waals surface area contributed by atoms with Crippen LogP contribution in [0.25, 0.3) is 0 Å². The third-order valence-corrected chi connectivity index (χ3v) is 4.28. The summed E-state index contributed by atoms with van der Waals surface area (Å²) >= 11 is 7.72. The Morgan fingerprint density at radius 2 is 2.26 bits per heavy atom. The lowest BCUT2D eigenvalue weighted by Crippen LogP contribution is -2.27. The number of halogens is 1. The number of nitrogens with zero attached hydrogens (tertiary/aromatic N) is 3. The molecule has 1 aliphatic rings. The van der Waals surface area contributed by atoms with E-state index in [1.54, 1.807) is 11.3 Å². The molecule has 1 fully saturated rings. The van der Waals surface area contributed by atoms with Gasteiger partial charge in [-0.05, 0) is 42.8 Å². The number of hydrogen-bond donors (Lipinski definition) is 1. The first-order chi connectivity index (χ1) is 9.15. The van der Waals surface area contributed by atoms with Gasteiger partial charge in [0.2, 0.25) is 5.28 Å². The fourth-order valence-electron chi connectivity index (χ4n) is 2.09. The van der Waals surface area contributed by atoms with Gasteiger partial charge in [0, 0.05) is 10.9 Å². The fourth-order valence-corrected chi connectivity index (χ4v) is 3.00. The van der Waals surface area contributed by atoms with Crippen molar-refractivity contribution in [1.29, 1.82) is 0 Å². The maximum absolute atomic E-state index is 6.13. The van der Waals surface area contributed by atoms with Crippen LogP contribution in [0.3, 0.4) is 0 Å². The predicted molar refractivity (Wildman–Crippen MR) is 79.7 cm³/mol.